The average molecular weight is 496 g/mol. The van der Waals surface area contributed by atoms with Gasteiger partial charge in [-0.05, 0) is 60.5 Å². The SMILES string of the molecule is CCCCOc1ccc(C2C(=C(O)c3ccc(Cl)cc3)C(=O)C(=O)N2Cc2ccco2)cc1OC. The van der Waals surface area contributed by atoms with Gasteiger partial charge in [-0.25, -0.2) is 0 Å². The number of Topliss-reactive ketones (excluding diaryl/α,β-unsaturated/α-hetero) is 1. The minimum absolute atomic E-state index is 0.0226. The first-order chi connectivity index (χ1) is 16.9. The zero-order chi connectivity index (χ0) is 24.9. The maximum absolute atomic E-state index is 13.2. The molecule has 1 saturated heterocycles. The number of benzene rings is 2. The van der Waals surface area contributed by atoms with Crippen molar-refractivity contribution in [1.29, 1.82) is 0 Å². The highest BCUT2D eigenvalue weighted by atomic mass is 35.5. The number of halogens is 1. The van der Waals surface area contributed by atoms with E-state index in [0.717, 1.165) is 12.8 Å². The molecule has 4 rings (SSSR count). The summed E-state index contributed by atoms with van der Waals surface area (Å²) < 4.78 is 16.8. The first-order valence-corrected chi connectivity index (χ1v) is 11.7. The lowest BCUT2D eigenvalue weighted by Gasteiger charge is -2.25. The molecule has 1 amide bonds. The summed E-state index contributed by atoms with van der Waals surface area (Å²) >= 11 is 5.99. The number of rotatable bonds is 9. The molecule has 2 heterocycles. The second-order valence-corrected chi connectivity index (χ2v) is 8.56. The van der Waals surface area contributed by atoms with E-state index in [1.807, 2.05) is 0 Å². The van der Waals surface area contributed by atoms with Crippen molar-refractivity contribution in [2.75, 3.05) is 13.7 Å². The van der Waals surface area contributed by atoms with E-state index in [1.54, 1.807) is 54.6 Å². The lowest BCUT2D eigenvalue weighted by atomic mass is 9.95. The lowest BCUT2D eigenvalue weighted by molar-refractivity contribution is -0.140. The van der Waals surface area contributed by atoms with Crippen molar-refractivity contribution in [3.05, 3.63) is 88.3 Å². The molecule has 2 aromatic carbocycles. The molecular formula is C27H26ClNO6. The Balaban J connectivity index is 1.82. The Morgan fingerprint density at radius 2 is 1.89 bits per heavy atom. The number of likely N-dealkylation sites (tertiary alicyclic amines) is 1. The van der Waals surface area contributed by atoms with Gasteiger partial charge in [-0.3, -0.25) is 9.59 Å². The van der Waals surface area contributed by atoms with E-state index < -0.39 is 17.7 Å². The molecule has 0 aliphatic carbocycles. The van der Waals surface area contributed by atoms with Crippen molar-refractivity contribution in [2.45, 2.75) is 32.4 Å². The van der Waals surface area contributed by atoms with E-state index >= 15 is 0 Å². The molecule has 0 spiro atoms. The van der Waals surface area contributed by atoms with E-state index in [4.69, 9.17) is 25.5 Å². The Labute approximate surface area is 208 Å². The summed E-state index contributed by atoms with van der Waals surface area (Å²) in [5.41, 5.74) is 0.943. The van der Waals surface area contributed by atoms with Crippen LogP contribution in [0, 0.1) is 0 Å². The van der Waals surface area contributed by atoms with Gasteiger partial charge < -0.3 is 23.9 Å². The van der Waals surface area contributed by atoms with Gasteiger partial charge in [0.1, 0.15) is 11.5 Å². The van der Waals surface area contributed by atoms with Gasteiger partial charge in [0, 0.05) is 10.6 Å². The fourth-order valence-corrected chi connectivity index (χ4v) is 4.15. The molecule has 3 aromatic rings. The van der Waals surface area contributed by atoms with Crippen LogP contribution in [0.25, 0.3) is 5.76 Å². The van der Waals surface area contributed by atoms with Crippen LogP contribution in [0.15, 0.2) is 70.9 Å². The highest BCUT2D eigenvalue weighted by Crippen LogP contribution is 2.42. The van der Waals surface area contributed by atoms with E-state index in [9.17, 15) is 14.7 Å². The van der Waals surface area contributed by atoms with Crippen molar-refractivity contribution in [3.63, 3.8) is 0 Å². The second kappa shape index (κ2) is 10.7. The number of aliphatic hydroxyl groups excluding tert-OH is 1. The second-order valence-electron chi connectivity index (χ2n) is 8.13. The number of furan rings is 1. The van der Waals surface area contributed by atoms with Crippen LogP contribution in [0.3, 0.4) is 0 Å². The number of hydrogen-bond acceptors (Lipinski definition) is 6. The predicted octanol–water partition coefficient (Wildman–Crippen LogP) is 5.74. The zero-order valence-electron chi connectivity index (χ0n) is 19.5. The molecule has 0 saturated carbocycles. The van der Waals surface area contributed by atoms with Crippen LogP contribution in [0.4, 0.5) is 0 Å². The fourth-order valence-electron chi connectivity index (χ4n) is 4.02. The van der Waals surface area contributed by atoms with E-state index in [2.05, 4.69) is 6.92 Å². The number of ether oxygens (including phenoxy) is 2. The number of nitrogens with zero attached hydrogens (tertiary/aromatic N) is 1. The van der Waals surface area contributed by atoms with Crippen LogP contribution < -0.4 is 9.47 Å². The Hall–Kier alpha value is -3.71. The van der Waals surface area contributed by atoms with Gasteiger partial charge >= 0.3 is 0 Å². The Bertz CT molecular complexity index is 1230. The highest BCUT2D eigenvalue weighted by Gasteiger charge is 2.46. The maximum Gasteiger partial charge on any atom is 0.296 e. The topological polar surface area (TPSA) is 89.2 Å². The number of unbranched alkanes of at least 4 members (excludes halogenated alkanes) is 1. The maximum atomic E-state index is 13.2. The van der Waals surface area contributed by atoms with Crippen LogP contribution in [-0.2, 0) is 16.1 Å². The third-order valence-electron chi connectivity index (χ3n) is 5.82. The van der Waals surface area contributed by atoms with E-state index in [-0.39, 0.29) is 17.9 Å². The van der Waals surface area contributed by atoms with Gasteiger partial charge in [-0.1, -0.05) is 31.0 Å². The summed E-state index contributed by atoms with van der Waals surface area (Å²) in [5, 5.41) is 11.6. The number of carbonyl (C=O) groups excluding carboxylic acids is 2. The molecule has 35 heavy (non-hydrogen) atoms. The summed E-state index contributed by atoms with van der Waals surface area (Å²) in [7, 11) is 1.53. The minimum atomic E-state index is -0.866. The highest BCUT2D eigenvalue weighted by molar-refractivity contribution is 6.46. The number of amides is 1. The Morgan fingerprint density at radius 1 is 1.11 bits per heavy atom. The first-order valence-electron chi connectivity index (χ1n) is 11.3. The summed E-state index contributed by atoms with van der Waals surface area (Å²) in [6.07, 6.45) is 3.39. The first kappa shape index (κ1) is 24.4. The Morgan fingerprint density at radius 3 is 2.54 bits per heavy atom. The number of aliphatic hydroxyl groups is 1. The molecule has 0 radical (unpaired) electrons. The molecule has 1 atom stereocenters. The predicted molar refractivity (Wildman–Crippen MR) is 131 cm³/mol. The van der Waals surface area contributed by atoms with E-state index in [0.29, 0.717) is 40.0 Å². The van der Waals surface area contributed by atoms with Crippen molar-refractivity contribution >= 4 is 29.1 Å². The quantitative estimate of drug-likeness (QED) is 0.176. The minimum Gasteiger partial charge on any atom is -0.507 e. The molecule has 1 N–H and O–H groups in total. The van der Waals surface area contributed by atoms with Crippen LogP contribution in [0.5, 0.6) is 11.5 Å². The molecule has 0 bridgehead atoms. The standard InChI is InChI=1S/C27H26ClNO6/c1-3-4-13-35-21-12-9-18(15-22(21)33-2)24-23(25(30)17-7-10-19(28)11-8-17)26(31)27(32)29(24)16-20-6-5-14-34-20/h5-12,14-15,24,30H,3-4,13,16H2,1-2H3. The summed E-state index contributed by atoms with van der Waals surface area (Å²) in [6, 6.07) is 14.2. The van der Waals surface area contributed by atoms with Gasteiger partial charge in [0.2, 0.25) is 0 Å². The Kier molecular flexibility index (Phi) is 7.46. The third kappa shape index (κ3) is 5.05. The third-order valence-corrected chi connectivity index (χ3v) is 6.07. The van der Waals surface area contributed by atoms with Gasteiger partial charge in [-0.15, -0.1) is 0 Å². The summed E-state index contributed by atoms with van der Waals surface area (Å²) in [5.74, 6) is -0.261. The number of carbonyl (C=O) groups is 2. The van der Waals surface area contributed by atoms with Gasteiger partial charge in [0.05, 0.1) is 38.1 Å². The number of ketones is 1. The van der Waals surface area contributed by atoms with E-state index in [1.165, 1.54) is 18.3 Å². The molecule has 1 aliphatic heterocycles. The van der Waals surface area contributed by atoms with Crippen molar-refractivity contribution in [1.82, 2.24) is 4.90 Å². The number of methoxy groups -OCH3 is 1. The van der Waals surface area contributed by atoms with Crippen LogP contribution in [0.2, 0.25) is 5.02 Å². The summed E-state index contributed by atoms with van der Waals surface area (Å²) in [6.45, 7) is 2.67. The van der Waals surface area contributed by atoms with Gasteiger partial charge in [-0.2, -0.15) is 0 Å². The summed E-state index contributed by atoms with van der Waals surface area (Å²) in [4.78, 5) is 27.7. The molecule has 1 aromatic heterocycles. The van der Waals surface area contributed by atoms with Crippen molar-refractivity contribution < 1.29 is 28.6 Å². The van der Waals surface area contributed by atoms with Crippen molar-refractivity contribution in [2.24, 2.45) is 0 Å². The molecular weight excluding hydrogens is 470 g/mol. The molecule has 1 fully saturated rings. The molecule has 1 unspecified atom stereocenters. The lowest BCUT2D eigenvalue weighted by Crippen LogP contribution is -2.29. The fraction of sp³-hybridized carbons (Fsp3) is 0.259. The van der Waals surface area contributed by atoms with Crippen LogP contribution in [0.1, 0.15) is 42.7 Å². The van der Waals surface area contributed by atoms with Gasteiger partial charge in [0.15, 0.2) is 11.5 Å². The average Bonchev–Trinajstić information content (AvgIpc) is 3.47. The van der Waals surface area contributed by atoms with Crippen LogP contribution in [-0.4, -0.2) is 35.4 Å². The van der Waals surface area contributed by atoms with Gasteiger partial charge in [0.25, 0.3) is 11.7 Å². The monoisotopic (exact) mass is 495 g/mol. The molecule has 1 aliphatic rings. The molecule has 7 nitrogen and oxygen atoms in total. The largest absolute Gasteiger partial charge is 0.507 e. The number of hydrogen-bond donors (Lipinski definition) is 1. The van der Waals surface area contributed by atoms with Crippen molar-refractivity contribution in [3.8, 4) is 11.5 Å². The van der Waals surface area contributed by atoms with Crippen LogP contribution >= 0.6 is 11.6 Å². The zero-order valence-corrected chi connectivity index (χ0v) is 20.2. The smallest absolute Gasteiger partial charge is 0.296 e. The normalized spacial score (nSPS) is 17.1. The molecule has 8 heteroatoms. The molecule has 182 valence electrons.